The molecule has 0 bridgehead atoms. The minimum atomic E-state index is 0.0117. The van der Waals surface area contributed by atoms with Gasteiger partial charge in [0.1, 0.15) is 0 Å². The molecule has 0 fully saturated rings. The number of nitrogens with one attached hydrogen (secondary N) is 1. The van der Waals surface area contributed by atoms with Gasteiger partial charge < -0.3 is 15.5 Å². The van der Waals surface area contributed by atoms with Crippen molar-refractivity contribution in [2.75, 3.05) is 36.0 Å². The summed E-state index contributed by atoms with van der Waals surface area (Å²) >= 11 is 5.91. The van der Waals surface area contributed by atoms with Crippen LogP contribution in [0.25, 0.3) is 0 Å². The molecule has 0 aromatic heterocycles. The molecule has 0 spiro atoms. The van der Waals surface area contributed by atoms with E-state index in [0.717, 1.165) is 11.4 Å². The summed E-state index contributed by atoms with van der Waals surface area (Å²) in [5, 5.41) is 20.4. The van der Waals surface area contributed by atoms with Gasteiger partial charge in [-0.2, -0.15) is 0 Å². The summed E-state index contributed by atoms with van der Waals surface area (Å²) < 4.78 is 1.45. The van der Waals surface area contributed by atoms with Gasteiger partial charge in [0.15, 0.2) is 0 Å². The van der Waals surface area contributed by atoms with Crippen molar-refractivity contribution in [1.29, 1.82) is 0 Å². The van der Waals surface area contributed by atoms with Crippen molar-refractivity contribution in [1.82, 2.24) is 0 Å². The van der Waals surface area contributed by atoms with Gasteiger partial charge in [-0.1, -0.05) is 6.07 Å². The number of benzene rings is 1. The van der Waals surface area contributed by atoms with Crippen molar-refractivity contribution in [3.8, 4) is 0 Å². The molecule has 5 heteroatoms. The first-order chi connectivity index (χ1) is 7.27. The molecule has 0 aliphatic carbocycles. The predicted octanol–water partition coefficient (Wildman–Crippen LogP) is 1.04. The highest BCUT2D eigenvalue weighted by Gasteiger charge is 2.02. The summed E-state index contributed by atoms with van der Waals surface area (Å²) in [6.07, 6.45) is 0. The number of rotatable bonds is 6. The summed E-state index contributed by atoms with van der Waals surface area (Å²) in [5.74, 6) is 0. The van der Waals surface area contributed by atoms with Crippen molar-refractivity contribution in [2.45, 2.75) is 0 Å². The van der Waals surface area contributed by atoms with Crippen LogP contribution in [0.1, 0.15) is 0 Å². The molecule has 0 heterocycles. The number of aliphatic hydroxyl groups excluding tert-OH is 2. The number of hydrogen-bond acceptors (Lipinski definition) is 4. The molecule has 84 valence electrons. The number of hydrogen-bond donors (Lipinski definition) is 3. The maximum Gasteiger partial charge on any atom is 0.0621 e. The Labute approximate surface area is 94.2 Å². The summed E-state index contributed by atoms with van der Waals surface area (Å²) in [4.78, 5) is 0. The van der Waals surface area contributed by atoms with Crippen LogP contribution in [0.4, 0.5) is 11.4 Å². The summed E-state index contributed by atoms with van der Waals surface area (Å²) in [5.41, 5.74) is 1.71. The van der Waals surface area contributed by atoms with Crippen LogP contribution in [-0.2, 0) is 0 Å². The minimum Gasteiger partial charge on any atom is -0.395 e. The monoisotopic (exact) mass is 230 g/mol. The van der Waals surface area contributed by atoms with Crippen LogP contribution in [0, 0.1) is 0 Å². The van der Waals surface area contributed by atoms with E-state index >= 15 is 0 Å². The van der Waals surface area contributed by atoms with Crippen LogP contribution in [0.15, 0.2) is 24.3 Å². The molecule has 0 amide bonds. The van der Waals surface area contributed by atoms with Gasteiger partial charge in [-0.3, -0.25) is 4.42 Å². The molecular weight excluding hydrogens is 216 g/mol. The molecule has 0 saturated heterocycles. The average Bonchev–Trinajstić information content (AvgIpc) is 2.27. The van der Waals surface area contributed by atoms with E-state index in [0.29, 0.717) is 13.1 Å². The van der Waals surface area contributed by atoms with E-state index in [9.17, 15) is 0 Å². The fourth-order valence-electron chi connectivity index (χ4n) is 1.18. The highest BCUT2D eigenvalue weighted by molar-refractivity contribution is 6.25. The summed E-state index contributed by atoms with van der Waals surface area (Å²) in [6, 6.07) is 7.47. The Morgan fingerprint density at radius 2 is 2.07 bits per heavy atom. The van der Waals surface area contributed by atoms with Crippen molar-refractivity contribution >= 4 is 23.2 Å². The topological polar surface area (TPSA) is 55.7 Å². The first kappa shape index (κ1) is 12.1. The molecule has 1 aromatic rings. The van der Waals surface area contributed by atoms with Gasteiger partial charge in [0.05, 0.1) is 25.4 Å². The Balaban J connectivity index is 2.64. The Hall–Kier alpha value is -0.970. The Bertz CT molecular complexity index is 297. The SMILES string of the molecule is OCCNc1cccc(N(Cl)CCO)c1. The second-order valence-electron chi connectivity index (χ2n) is 3.01. The van der Waals surface area contributed by atoms with Crippen LogP contribution in [0.2, 0.25) is 0 Å². The molecule has 1 aromatic carbocycles. The molecular formula is C10H15ClN2O2. The Morgan fingerprint density at radius 3 is 2.73 bits per heavy atom. The first-order valence-corrected chi connectivity index (χ1v) is 5.10. The van der Waals surface area contributed by atoms with E-state index in [1.807, 2.05) is 24.3 Å². The molecule has 0 radical (unpaired) electrons. The standard InChI is InChI=1S/C10H15ClN2O2/c11-13(5-7-15)10-3-1-2-9(8-10)12-4-6-14/h1-3,8,12,14-15H,4-7H2. The van der Waals surface area contributed by atoms with Crippen molar-refractivity contribution in [3.63, 3.8) is 0 Å². The maximum atomic E-state index is 8.73. The minimum absolute atomic E-state index is 0.0117. The molecule has 4 nitrogen and oxygen atoms in total. The van der Waals surface area contributed by atoms with Gasteiger partial charge in [0.25, 0.3) is 0 Å². The largest absolute Gasteiger partial charge is 0.395 e. The molecule has 3 N–H and O–H groups in total. The maximum absolute atomic E-state index is 8.73. The van der Waals surface area contributed by atoms with Crippen molar-refractivity contribution in [3.05, 3.63) is 24.3 Å². The molecule has 15 heavy (non-hydrogen) atoms. The lowest BCUT2D eigenvalue weighted by Crippen LogP contribution is -2.15. The van der Waals surface area contributed by atoms with Gasteiger partial charge in [-0.15, -0.1) is 0 Å². The lowest BCUT2D eigenvalue weighted by Gasteiger charge is -2.15. The van der Waals surface area contributed by atoms with E-state index < -0.39 is 0 Å². The number of anilines is 2. The Morgan fingerprint density at radius 1 is 1.27 bits per heavy atom. The lowest BCUT2D eigenvalue weighted by molar-refractivity contribution is 0.307. The van der Waals surface area contributed by atoms with Crippen LogP contribution in [-0.4, -0.2) is 36.5 Å². The third kappa shape index (κ3) is 3.95. The van der Waals surface area contributed by atoms with Gasteiger partial charge in [0, 0.05) is 24.0 Å². The van der Waals surface area contributed by atoms with E-state index in [4.69, 9.17) is 22.0 Å². The smallest absolute Gasteiger partial charge is 0.0621 e. The number of nitrogens with zero attached hydrogens (tertiary/aromatic N) is 1. The van der Waals surface area contributed by atoms with Gasteiger partial charge in [-0.05, 0) is 18.2 Å². The van der Waals surface area contributed by atoms with Gasteiger partial charge >= 0.3 is 0 Å². The fraction of sp³-hybridized carbons (Fsp3) is 0.400. The average molecular weight is 231 g/mol. The van der Waals surface area contributed by atoms with E-state index in [-0.39, 0.29) is 13.2 Å². The van der Waals surface area contributed by atoms with Gasteiger partial charge in [-0.25, -0.2) is 0 Å². The second-order valence-corrected chi connectivity index (χ2v) is 3.42. The third-order valence-electron chi connectivity index (χ3n) is 1.86. The van der Waals surface area contributed by atoms with E-state index in [1.165, 1.54) is 4.42 Å². The third-order valence-corrected chi connectivity index (χ3v) is 2.23. The first-order valence-electron chi connectivity index (χ1n) is 4.77. The molecule has 0 aliphatic rings. The van der Waals surface area contributed by atoms with Gasteiger partial charge in [0.2, 0.25) is 0 Å². The molecule has 1 rings (SSSR count). The Kier molecular flexibility index (Phi) is 5.25. The number of aliphatic hydroxyl groups is 2. The van der Waals surface area contributed by atoms with Crippen LogP contribution in [0.5, 0.6) is 0 Å². The molecule has 0 aliphatic heterocycles. The zero-order valence-electron chi connectivity index (χ0n) is 8.36. The zero-order chi connectivity index (χ0) is 11.1. The highest BCUT2D eigenvalue weighted by Crippen LogP contribution is 2.20. The quantitative estimate of drug-likeness (QED) is 0.640. The van der Waals surface area contributed by atoms with Crippen molar-refractivity contribution in [2.24, 2.45) is 0 Å². The highest BCUT2D eigenvalue weighted by atomic mass is 35.5. The lowest BCUT2D eigenvalue weighted by atomic mass is 10.2. The van der Waals surface area contributed by atoms with Crippen LogP contribution < -0.4 is 9.74 Å². The molecule has 0 saturated carbocycles. The molecule has 0 unspecified atom stereocenters. The second kappa shape index (κ2) is 6.50. The summed E-state index contributed by atoms with van der Waals surface area (Å²) in [6.45, 7) is 0.986. The zero-order valence-corrected chi connectivity index (χ0v) is 9.11. The van der Waals surface area contributed by atoms with E-state index in [1.54, 1.807) is 0 Å². The summed E-state index contributed by atoms with van der Waals surface area (Å²) in [7, 11) is 0. The molecule has 0 atom stereocenters. The van der Waals surface area contributed by atoms with Crippen molar-refractivity contribution < 1.29 is 10.2 Å². The van der Waals surface area contributed by atoms with E-state index in [2.05, 4.69) is 5.32 Å². The number of halogens is 1. The van der Waals surface area contributed by atoms with Crippen LogP contribution in [0.3, 0.4) is 0 Å². The normalized spacial score (nSPS) is 10.1. The fourth-order valence-corrected chi connectivity index (χ4v) is 1.36. The van der Waals surface area contributed by atoms with Crippen LogP contribution >= 0.6 is 11.8 Å². The predicted molar refractivity (Wildman–Crippen MR) is 62.3 cm³/mol.